The number of fused-ring (bicyclic) bond motifs is 1. The Balaban J connectivity index is 1.33. The molecule has 0 aromatic heterocycles. The van der Waals surface area contributed by atoms with Crippen LogP contribution >= 0.6 is 23.4 Å². The van der Waals surface area contributed by atoms with E-state index >= 15 is 0 Å². The van der Waals surface area contributed by atoms with Crippen molar-refractivity contribution in [3.8, 4) is 5.75 Å². The van der Waals surface area contributed by atoms with Crippen LogP contribution in [0.25, 0.3) is 16.8 Å². The van der Waals surface area contributed by atoms with Gasteiger partial charge in [-0.25, -0.2) is 0 Å². The first-order valence-corrected chi connectivity index (χ1v) is 12.0. The molecule has 4 aromatic carbocycles. The van der Waals surface area contributed by atoms with Gasteiger partial charge >= 0.3 is 0 Å². The fraction of sp³-hybridized carbons (Fsp3) is 0.0714. The van der Waals surface area contributed by atoms with Gasteiger partial charge in [-0.2, -0.15) is 0 Å². The summed E-state index contributed by atoms with van der Waals surface area (Å²) in [4.78, 5) is 27.4. The van der Waals surface area contributed by atoms with Crippen LogP contribution in [0.2, 0.25) is 5.02 Å². The number of amides is 2. The van der Waals surface area contributed by atoms with E-state index in [4.69, 9.17) is 16.3 Å². The number of ether oxygens (including phenoxy) is 1. The van der Waals surface area contributed by atoms with Crippen LogP contribution in [0.3, 0.4) is 0 Å². The van der Waals surface area contributed by atoms with Crippen molar-refractivity contribution in [2.45, 2.75) is 13.2 Å². The third-order valence-electron chi connectivity index (χ3n) is 5.54. The van der Waals surface area contributed by atoms with Gasteiger partial charge < -0.3 is 4.74 Å². The molecule has 1 saturated heterocycles. The number of hydrogen-bond acceptors (Lipinski definition) is 4. The van der Waals surface area contributed by atoms with Crippen molar-refractivity contribution in [3.63, 3.8) is 0 Å². The summed E-state index contributed by atoms with van der Waals surface area (Å²) in [7, 11) is 0. The average molecular weight is 486 g/mol. The van der Waals surface area contributed by atoms with Gasteiger partial charge in [0.05, 0.1) is 11.4 Å². The van der Waals surface area contributed by atoms with Crippen molar-refractivity contribution in [1.29, 1.82) is 0 Å². The molecule has 6 heteroatoms. The number of benzene rings is 4. The van der Waals surface area contributed by atoms with Crippen LogP contribution in [0.1, 0.15) is 16.7 Å². The minimum atomic E-state index is -0.296. The highest BCUT2D eigenvalue weighted by Crippen LogP contribution is 2.35. The number of thioether (sulfide) groups is 1. The lowest BCUT2D eigenvalue weighted by atomic mass is 10.1. The van der Waals surface area contributed by atoms with Gasteiger partial charge in [0.2, 0.25) is 0 Å². The van der Waals surface area contributed by atoms with Gasteiger partial charge in [-0.3, -0.25) is 14.5 Å². The highest BCUT2D eigenvalue weighted by molar-refractivity contribution is 8.18. The molecule has 5 rings (SSSR count). The SMILES string of the molecule is O=C1S/C(=C\c2ccccc2OCc2ccc(Cl)cc2)C(=O)N1Cc1ccc2ccccc2c1. The Morgan fingerprint density at radius 3 is 2.35 bits per heavy atom. The topological polar surface area (TPSA) is 46.6 Å². The standard InChI is InChI=1S/C28H20ClNO3S/c29-24-13-10-19(11-14-24)18-33-25-8-4-3-7-23(25)16-26-27(31)30(28(32)34-26)17-20-9-12-21-5-1-2-6-22(21)15-20/h1-16H,17-18H2/b26-16-. The van der Waals surface area contributed by atoms with E-state index in [9.17, 15) is 9.59 Å². The molecule has 0 bridgehead atoms. The summed E-state index contributed by atoms with van der Waals surface area (Å²) in [6, 6.07) is 28.9. The summed E-state index contributed by atoms with van der Waals surface area (Å²) in [5, 5.41) is 2.59. The van der Waals surface area contributed by atoms with Crippen LogP contribution in [0.4, 0.5) is 4.79 Å². The Morgan fingerprint density at radius 1 is 0.824 bits per heavy atom. The molecule has 0 saturated carbocycles. The molecule has 0 unspecified atom stereocenters. The van der Waals surface area contributed by atoms with Crippen LogP contribution in [0.5, 0.6) is 5.75 Å². The maximum absolute atomic E-state index is 13.1. The Labute approximate surface area is 206 Å². The first-order valence-electron chi connectivity index (χ1n) is 10.8. The minimum absolute atomic E-state index is 0.238. The molecule has 4 nitrogen and oxygen atoms in total. The minimum Gasteiger partial charge on any atom is -0.488 e. The highest BCUT2D eigenvalue weighted by Gasteiger charge is 2.35. The van der Waals surface area contributed by atoms with Crippen LogP contribution < -0.4 is 4.74 Å². The number of carbonyl (C=O) groups is 2. The number of para-hydroxylation sites is 1. The van der Waals surface area contributed by atoms with E-state index in [1.807, 2.05) is 91.0 Å². The fourth-order valence-electron chi connectivity index (χ4n) is 3.77. The first kappa shape index (κ1) is 22.3. The number of halogens is 1. The number of nitrogens with zero attached hydrogens (tertiary/aromatic N) is 1. The Bertz CT molecular complexity index is 1410. The zero-order chi connectivity index (χ0) is 23.5. The van der Waals surface area contributed by atoms with Gasteiger partial charge in [0.1, 0.15) is 12.4 Å². The second kappa shape index (κ2) is 9.75. The summed E-state index contributed by atoms with van der Waals surface area (Å²) in [6.45, 7) is 0.604. The Hall–Kier alpha value is -3.54. The molecule has 168 valence electrons. The molecule has 0 aliphatic carbocycles. The van der Waals surface area contributed by atoms with E-state index < -0.39 is 0 Å². The zero-order valence-electron chi connectivity index (χ0n) is 18.1. The second-order valence-corrected chi connectivity index (χ2v) is 9.33. The molecule has 0 N–H and O–H groups in total. The monoisotopic (exact) mass is 485 g/mol. The van der Waals surface area contributed by atoms with Crippen molar-refractivity contribution in [2.24, 2.45) is 0 Å². The molecule has 4 aromatic rings. The van der Waals surface area contributed by atoms with Crippen molar-refractivity contribution >= 4 is 51.4 Å². The molecule has 0 spiro atoms. The molecule has 0 atom stereocenters. The van der Waals surface area contributed by atoms with Crippen molar-refractivity contribution in [1.82, 2.24) is 4.90 Å². The molecule has 0 radical (unpaired) electrons. The zero-order valence-corrected chi connectivity index (χ0v) is 19.7. The van der Waals surface area contributed by atoms with E-state index in [1.165, 1.54) is 4.90 Å². The summed E-state index contributed by atoms with van der Waals surface area (Å²) in [6.07, 6.45) is 1.72. The number of rotatable bonds is 6. The van der Waals surface area contributed by atoms with Gasteiger partial charge in [0, 0.05) is 10.6 Å². The Morgan fingerprint density at radius 2 is 1.53 bits per heavy atom. The number of hydrogen-bond donors (Lipinski definition) is 0. The van der Waals surface area contributed by atoms with Crippen molar-refractivity contribution in [2.75, 3.05) is 0 Å². The largest absolute Gasteiger partial charge is 0.488 e. The molecule has 1 heterocycles. The number of imide groups is 1. The third kappa shape index (κ3) is 4.86. The van der Waals surface area contributed by atoms with Gasteiger partial charge in [-0.1, -0.05) is 78.3 Å². The lowest BCUT2D eigenvalue weighted by Gasteiger charge is -2.13. The van der Waals surface area contributed by atoms with Gasteiger partial charge in [-0.15, -0.1) is 0 Å². The van der Waals surface area contributed by atoms with Crippen LogP contribution in [-0.2, 0) is 17.9 Å². The lowest BCUT2D eigenvalue weighted by molar-refractivity contribution is -0.123. The lowest BCUT2D eigenvalue weighted by Crippen LogP contribution is -2.27. The fourth-order valence-corrected chi connectivity index (χ4v) is 4.73. The average Bonchev–Trinajstić information content (AvgIpc) is 3.11. The second-order valence-electron chi connectivity index (χ2n) is 7.90. The maximum atomic E-state index is 13.1. The highest BCUT2D eigenvalue weighted by atomic mass is 35.5. The number of carbonyl (C=O) groups excluding carboxylic acids is 2. The molecule has 1 aliphatic rings. The van der Waals surface area contributed by atoms with Gasteiger partial charge in [0.15, 0.2) is 0 Å². The third-order valence-corrected chi connectivity index (χ3v) is 6.70. The summed E-state index contributed by atoms with van der Waals surface area (Å²) in [5.74, 6) is 0.342. The van der Waals surface area contributed by atoms with Gasteiger partial charge in [-0.05, 0) is 64.0 Å². The van der Waals surface area contributed by atoms with Crippen LogP contribution in [0, 0.1) is 0 Å². The van der Waals surface area contributed by atoms with Crippen LogP contribution in [-0.4, -0.2) is 16.0 Å². The van der Waals surface area contributed by atoms with Crippen LogP contribution in [0.15, 0.2) is 95.9 Å². The molecular weight excluding hydrogens is 466 g/mol. The van der Waals surface area contributed by atoms with Gasteiger partial charge in [0.25, 0.3) is 11.1 Å². The smallest absolute Gasteiger partial charge is 0.293 e. The molecule has 1 fully saturated rings. The quantitative estimate of drug-likeness (QED) is 0.269. The summed E-state index contributed by atoms with van der Waals surface area (Å²) >= 11 is 6.90. The van der Waals surface area contributed by atoms with Crippen molar-refractivity contribution < 1.29 is 14.3 Å². The Kier molecular flexibility index (Phi) is 6.39. The molecule has 1 aliphatic heterocycles. The molecule has 34 heavy (non-hydrogen) atoms. The van der Waals surface area contributed by atoms with E-state index in [2.05, 4.69) is 0 Å². The van der Waals surface area contributed by atoms with Crippen molar-refractivity contribution in [3.05, 3.63) is 118 Å². The summed E-state index contributed by atoms with van der Waals surface area (Å²) < 4.78 is 5.99. The first-order chi connectivity index (χ1) is 16.6. The maximum Gasteiger partial charge on any atom is 0.293 e. The van der Waals surface area contributed by atoms with E-state index in [-0.39, 0.29) is 17.7 Å². The summed E-state index contributed by atoms with van der Waals surface area (Å²) in [5.41, 5.74) is 2.64. The van der Waals surface area contributed by atoms with E-state index in [1.54, 1.807) is 6.08 Å². The van der Waals surface area contributed by atoms with E-state index in [0.717, 1.165) is 39.2 Å². The molecule has 2 amide bonds. The van der Waals surface area contributed by atoms with E-state index in [0.29, 0.717) is 22.3 Å². The normalized spacial score (nSPS) is 14.9. The predicted molar refractivity (Wildman–Crippen MR) is 138 cm³/mol. The predicted octanol–water partition coefficient (Wildman–Crippen LogP) is 7.31. The molecular formula is C28H20ClNO3S.